The van der Waals surface area contributed by atoms with Crippen LogP contribution in [0.25, 0.3) is 11.1 Å². The normalized spacial score (nSPS) is 15.0. The van der Waals surface area contributed by atoms with Gasteiger partial charge in [0, 0.05) is 5.92 Å². The molecule has 34 heavy (non-hydrogen) atoms. The third-order valence-corrected chi connectivity index (χ3v) is 5.49. The number of rotatable bonds is 7. The lowest BCUT2D eigenvalue weighted by atomic mass is 9.98. The number of amides is 2. The van der Waals surface area contributed by atoms with Gasteiger partial charge in [-0.25, -0.2) is 9.59 Å². The van der Waals surface area contributed by atoms with Crippen LogP contribution in [0.1, 0.15) is 24.0 Å². The van der Waals surface area contributed by atoms with E-state index < -0.39 is 42.2 Å². The summed E-state index contributed by atoms with van der Waals surface area (Å²) < 4.78 is 72.0. The summed E-state index contributed by atoms with van der Waals surface area (Å²) >= 11 is 0. The maximum Gasteiger partial charge on any atom is 0.422 e. The van der Waals surface area contributed by atoms with Gasteiger partial charge in [0.15, 0.2) is 0 Å². The van der Waals surface area contributed by atoms with E-state index in [2.05, 4.69) is 0 Å². The minimum atomic E-state index is -5.55. The van der Waals surface area contributed by atoms with Crippen LogP contribution in [0.3, 0.4) is 0 Å². The molecule has 0 aliphatic heterocycles. The minimum absolute atomic E-state index is 0.0300. The molecular weight excluding hydrogens is 467 g/mol. The lowest BCUT2D eigenvalue weighted by molar-refractivity contribution is -0.209. The Kier molecular flexibility index (Phi) is 6.54. The van der Waals surface area contributed by atoms with Crippen LogP contribution in [-0.2, 0) is 14.3 Å². The number of benzene rings is 2. The molecule has 0 bridgehead atoms. The molecule has 0 spiro atoms. The summed E-state index contributed by atoms with van der Waals surface area (Å²) in [6, 6.07) is 14.7. The van der Waals surface area contributed by atoms with Gasteiger partial charge in [0.25, 0.3) is 5.91 Å². The van der Waals surface area contributed by atoms with Crippen molar-refractivity contribution < 1.29 is 46.2 Å². The van der Waals surface area contributed by atoms with Crippen molar-refractivity contribution in [3.8, 4) is 11.1 Å². The molecule has 2 aromatic carbocycles. The van der Waals surface area contributed by atoms with Crippen LogP contribution in [0.2, 0.25) is 0 Å². The molecule has 0 fully saturated rings. The third-order valence-electron chi connectivity index (χ3n) is 5.49. The van der Waals surface area contributed by atoms with Crippen LogP contribution < -0.4 is 10.6 Å². The van der Waals surface area contributed by atoms with Gasteiger partial charge in [0.05, 0.1) is 6.54 Å². The number of nitrogens with one attached hydrogen (secondary N) is 2. The van der Waals surface area contributed by atoms with Gasteiger partial charge in [0.1, 0.15) is 6.61 Å². The number of hydrogen-bond donors (Lipinski definition) is 3. The van der Waals surface area contributed by atoms with Crippen LogP contribution in [0.4, 0.5) is 26.7 Å². The Labute approximate surface area is 189 Å². The Morgan fingerprint density at radius 3 is 1.91 bits per heavy atom. The monoisotopic (exact) mass is 486 g/mol. The number of halogens is 5. The van der Waals surface area contributed by atoms with E-state index in [4.69, 9.17) is 9.84 Å². The highest BCUT2D eigenvalue weighted by Crippen LogP contribution is 2.44. The smallest absolute Gasteiger partial charge is 0.422 e. The first kappa shape index (κ1) is 24.9. The van der Waals surface area contributed by atoms with Gasteiger partial charge >= 0.3 is 24.2 Å². The molecule has 1 aliphatic rings. The van der Waals surface area contributed by atoms with Crippen LogP contribution in [0.5, 0.6) is 0 Å². The Hall–Kier alpha value is -3.70. The van der Waals surface area contributed by atoms with Gasteiger partial charge in [-0.15, -0.1) is 0 Å². The molecule has 1 unspecified atom stereocenters. The lowest BCUT2D eigenvalue weighted by Crippen LogP contribution is -2.65. The van der Waals surface area contributed by atoms with E-state index in [1.807, 2.05) is 36.4 Å². The first-order valence-electron chi connectivity index (χ1n) is 9.87. The van der Waals surface area contributed by atoms with Crippen LogP contribution in [0, 0.1) is 0 Å². The number of ether oxygens (including phenoxy) is 1. The quantitative estimate of drug-likeness (QED) is 0.518. The summed E-state index contributed by atoms with van der Waals surface area (Å²) in [6.07, 6.45) is -6.88. The summed E-state index contributed by atoms with van der Waals surface area (Å²) in [5, 5.41) is 11.2. The Morgan fingerprint density at radius 2 is 1.44 bits per heavy atom. The second kappa shape index (κ2) is 8.92. The topological polar surface area (TPSA) is 105 Å². The van der Waals surface area contributed by atoms with Crippen molar-refractivity contribution in [2.24, 2.45) is 0 Å². The molecule has 0 saturated heterocycles. The number of fused-ring (bicyclic) bond motifs is 3. The zero-order valence-corrected chi connectivity index (χ0v) is 17.6. The number of carbonyl (C=O) groups is 3. The molecular formula is C22H19F5N2O5. The highest BCUT2D eigenvalue weighted by Gasteiger charge is 2.60. The molecule has 7 nitrogen and oxygen atoms in total. The molecule has 182 valence electrons. The summed E-state index contributed by atoms with van der Waals surface area (Å²) in [4.78, 5) is 34.6. The molecule has 0 aromatic heterocycles. The molecule has 12 heteroatoms. The second-order valence-corrected chi connectivity index (χ2v) is 7.77. The number of carbonyl (C=O) groups excluding carboxylic acids is 2. The summed E-state index contributed by atoms with van der Waals surface area (Å²) in [6.45, 7) is -1.89. The molecule has 2 aromatic rings. The molecule has 1 atom stereocenters. The zero-order valence-electron chi connectivity index (χ0n) is 17.6. The number of carboxylic acids is 1. The van der Waals surface area contributed by atoms with E-state index in [0.717, 1.165) is 27.6 Å². The third kappa shape index (κ3) is 4.66. The number of alkyl carbamates (subject to hydrolysis) is 1. The molecule has 3 rings (SSSR count). The van der Waals surface area contributed by atoms with Crippen LogP contribution in [-0.4, -0.2) is 53.9 Å². The Morgan fingerprint density at radius 1 is 0.941 bits per heavy atom. The highest BCUT2D eigenvalue weighted by atomic mass is 19.4. The van der Waals surface area contributed by atoms with E-state index >= 15 is 0 Å². The molecule has 1 aliphatic carbocycles. The summed E-state index contributed by atoms with van der Waals surface area (Å²) in [5.41, 5.74) is -0.359. The van der Waals surface area contributed by atoms with Gasteiger partial charge in [-0.3, -0.25) is 4.79 Å². The Bertz CT molecular complexity index is 1080. The maximum absolute atomic E-state index is 14.1. The van der Waals surface area contributed by atoms with Crippen molar-refractivity contribution in [3.05, 3.63) is 59.7 Å². The maximum atomic E-state index is 14.1. The SMILES string of the molecule is CC(NC(=O)C(F)(F)CNC(=O)OCC1c2ccccc2-c2ccccc21)(C(=O)O)C(F)(F)F. The molecule has 3 N–H and O–H groups in total. The predicted molar refractivity (Wildman–Crippen MR) is 108 cm³/mol. The van der Waals surface area contributed by atoms with Crippen molar-refractivity contribution in [3.63, 3.8) is 0 Å². The fraction of sp³-hybridized carbons (Fsp3) is 0.318. The van der Waals surface area contributed by atoms with Crippen LogP contribution >= 0.6 is 0 Å². The molecule has 2 amide bonds. The molecule has 0 heterocycles. The molecule has 0 saturated carbocycles. The van der Waals surface area contributed by atoms with Crippen molar-refractivity contribution in [2.45, 2.75) is 30.5 Å². The van der Waals surface area contributed by atoms with Gasteiger partial charge in [0.2, 0.25) is 5.54 Å². The summed E-state index contributed by atoms with van der Waals surface area (Å²) in [7, 11) is 0. The first-order valence-corrected chi connectivity index (χ1v) is 9.87. The predicted octanol–water partition coefficient (Wildman–Crippen LogP) is 3.68. The number of aliphatic carboxylic acids is 1. The van der Waals surface area contributed by atoms with Gasteiger partial charge in [-0.1, -0.05) is 48.5 Å². The minimum Gasteiger partial charge on any atom is -0.479 e. The van der Waals surface area contributed by atoms with Crippen molar-refractivity contribution in [1.82, 2.24) is 10.6 Å². The lowest BCUT2D eigenvalue weighted by Gasteiger charge is -2.30. The zero-order chi connectivity index (χ0) is 25.3. The van der Waals surface area contributed by atoms with E-state index in [1.165, 1.54) is 0 Å². The Balaban J connectivity index is 1.61. The first-order chi connectivity index (χ1) is 15.8. The standard InChI is InChI=1S/C22H19F5N2O5/c1-20(18(31)32,22(25,26)27)29-17(30)21(23,24)11-28-19(33)34-10-16-14-8-4-2-6-12(14)13-7-3-5-9-15(13)16/h2-9,16H,10-11H2,1H3,(H,28,33)(H,29,30)(H,31,32). The van der Waals surface area contributed by atoms with Gasteiger partial charge in [-0.2, -0.15) is 22.0 Å². The fourth-order valence-corrected chi connectivity index (χ4v) is 3.48. The van der Waals surface area contributed by atoms with E-state index in [1.54, 1.807) is 17.4 Å². The van der Waals surface area contributed by atoms with Crippen molar-refractivity contribution >= 4 is 18.0 Å². The number of carboxylic acid groups (broad SMARTS) is 1. The number of hydrogen-bond acceptors (Lipinski definition) is 4. The molecule has 0 radical (unpaired) electrons. The van der Waals surface area contributed by atoms with E-state index in [9.17, 15) is 36.3 Å². The van der Waals surface area contributed by atoms with Crippen molar-refractivity contribution in [1.29, 1.82) is 0 Å². The average Bonchev–Trinajstić information content (AvgIpc) is 3.09. The van der Waals surface area contributed by atoms with Gasteiger partial charge < -0.3 is 20.5 Å². The average molecular weight is 486 g/mol. The largest absolute Gasteiger partial charge is 0.479 e. The highest BCUT2D eigenvalue weighted by molar-refractivity contribution is 5.91. The van der Waals surface area contributed by atoms with Crippen LogP contribution in [0.15, 0.2) is 48.5 Å². The number of alkyl halides is 5. The summed E-state index contributed by atoms with van der Waals surface area (Å²) in [5.74, 6) is -10.0. The van der Waals surface area contributed by atoms with E-state index in [-0.39, 0.29) is 19.4 Å². The van der Waals surface area contributed by atoms with E-state index in [0.29, 0.717) is 0 Å². The second-order valence-electron chi connectivity index (χ2n) is 7.77. The fourth-order valence-electron chi connectivity index (χ4n) is 3.48. The van der Waals surface area contributed by atoms with Crippen molar-refractivity contribution in [2.75, 3.05) is 13.2 Å². The van der Waals surface area contributed by atoms with Gasteiger partial charge in [-0.05, 0) is 29.2 Å².